The van der Waals surface area contributed by atoms with Crippen molar-refractivity contribution in [1.82, 2.24) is 5.32 Å². The summed E-state index contributed by atoms with van der Waals surface area (Å²) in [6.07, 6.45) is 1.85. The number of hydrogen-bond acceptors (Lipinski definition) is 2. The molecule has 5 heteroatoms. The van der Waals surface area contributed by atoms with E-state index in [0.717, 1.165) is 12.8 Å². The van der Waals surface area contributed by atoms with Gasteiger partial charge in [0.15, 0.2) is 0 Å². The molecule has 0 spiro atoms. The van der Waals surface area contributed by atoms with E-state index < -0.39 is 0 Å². The van der Waals surface area contributed by atoms with Gasteiger partial charge in [0.05, 0.1) is 22.3 Å². The van der Waals surface area contributed by atoms with Gasteiger partial charge < -0.3 is 10.6 Å². The van der Waals surface area contributed by atoms with Crippen molar-refractivity contribution in [2.24, 2.45) is 0 Å². The molecule has 0 aromatic heterocycles. The highest BCUT2D eigenvalue weighted by Crippen LogP contribution is 2.29. The van der Waals surface area contributed by atoms with Crippen LogP contribution in [0.1, 0.15) is 26.7 Å². The third-order valence-corrected chi connectivity index (χ3v) is 3.37. The van der Waals surface area contributed by atoms with Crippen molar-refractivity contribution in [3.8, 4) is 0 Å². The molecule has 0 heterocycles. The predicted molar refractivity (Wildman–Crippen MR) is 77.5 cm³/mol. The molecule has 0 aliphatic carbocycles. The van der Waals surface area contributed by atoms with Crippen LogP contribution < -0.4 is 10.6 Å². The number of benzene rings is 1. The van der Waals surface area contributed by atoms with E-state index in [2.05, 4.69) is 10.6 Å². The fraction of sp³-hybridized carbons (Fsp3) is 0.462. The molecule has 1 aromatic carbocycles. The number of anilines is 1. The van der Waals surface area contributed by atoms with Crippen LogP contribution in [0.2, 0.25) is 10.0 Å². The smallest absolute Gasteiger partial charge is 0.239 e. The normalized spacial score (nSPS) is 10.5. The number of para-hydroxylation sites is 1. The maximum absolute atomic E-state index is 11.7. The predicted octanol–water partition coefficient (Wildman–Crippen LogP) is 3.71. The van der Waals surface area contributed by atoms with E-state index in [1.165, 1.54) is 0 Å². The van der Waals surface area contributed by atoms with Gasteiger partial charge in [-0.15, -0.1) is 0 Å². The summed E-state index contributed by atoms with van der Waals surface area (Å²) in [5, 5.41) is 6.92. The topological polar surface area (TPSA) is 41.1 Å². The molecule has 0 unspecified atom stereocenters. The molecule has 0 bridgehead atoms. The van der Waals surface area contributed by atoms with Crippen LogP contribution in [0.4, 0.5) is 5.69 Å². The maximum atomic E-state index is 11.7. The fourth-order valence-corrected chi connectivity index (χ4v) is 2.14. The summed E-state index contributed by atoms with van der Waals surface area (Å²) in [7, 11) is 0. The first-order valence-electron chi connectivity index (χ1n) is 6.05. The zero-order valence-electron chi connectivity index (χ0n) is 10.6. The first-order valence-corrected chi connectivity index (χ1v) is 6.81. The summed E-state index contributed by atoms with van der Waals surface area (Å²) < 4.78 is 0. The van der Waals surface area contributed by atoms with Crippen LogP contribution in [0.5, 0.6) is 0 Å². The molecule has 18 heavy (non-hydrogen) atoms. The lowest BCUT2D eigenvalue weighted by Gasteiger charge is -2.16. The largest absolute Gasteiger partial charge is 0.374 e. The number of carbonyl (C=O) groups excluding carboxylic acids is 1. The Bertz CT molecular complexity index is 386. The second-order valence-corrected chi connectivity index (χ2v) is 4.85. The second-order valence-electron chi connectivity index (χ2n) is 4.03. The van der Waals surface area contributed by atoms with Crippen molar-refractivity contribution >= 4 is 34.8 Å². The van der Waals surface area contributed by atoms with E-state index in [1.807, 2.05) is 13.8 Å². The van der Waals surface area contributed by atoms with Gasteiger partial charge in [0.25, 0.3) is 0 Å². The molecule has 100 valence electrons. The van der Waals surface area contributed by atoms with Crippen LogP contribution in [-0.4, -0.2) is 18.5 Å². The number of amides is 1. The van der Waals surface area contributed by atoms with Crippen LogP contribution in [0.25, 0.3) is 0 Å². The SMILES string of the molecule is CCC(CC)NC(=O)CNc1c(Cl)cccc1Cl. The number of rotatable bonds is 6. The third kappa shape index (κ3) is 4.39. The minimum atomic E-state index is -0.0558. The monoisotopic (exact) mass is 288 g/mol. The highest BCUT2D eigenvalue weighted by Gasteiger charge is 2.10. The highest BCUT2D eigenvalue weighted by molar-refractivity contribution is 6.39. The Morgan fingerprint density at radius 3 is 2.28 bits per heavy atom. The molecule has 0 aliphatic rings. The van der Waals surface area contributed by atoms with Gasteiger partial charge in [-0.1, -0.05) is 43.1 Å². The van der Waals surface area contributed by atoms with Crippen molar-refractivity contribution in [1.29, 1.82) is 0 Å². The maximum Gasteiger partial charge on any atom is 0.239 e. The second kappa shape index (κ2) is 7.49. The van der Waals surface area contributed by atoms with Crippen LogP contribution in [0.3, 0.4) is 0 Å². The Hall–Kier alpha value is -0.930. The van der Waals surface area contributed by atoms with Crippen molar-refractivity contribution < 1.29 is 4.79 Å². The van der Waals surface area contributed by atoms with Gasteiger partial charge in [0.1, 0.15) is 0 Å². The van der Waals surface area contributed by atoms with Gasteiger partial charge in [0.2, 0.25) is 5.91 Å². The summed E-state index contributed by atoms with van der Waals surface area (Å²) >= 11 is 12.0. The lowest BCUT2D eigenvalue weighted by molar-refractivity contribution is -0.120. The molecule has 0 radical (unpaired) electrons. The van der Waals surface area contributed by atoms with E-state index >= 15 is 0 Å². The molecule has 0 aliphatic heterocycles. The van der Waals surface area contributed by atoms with Crippen molar-refractivity contribution in [3.05, 3.63) is 28.2 Å². The first-order chi connectivity index (χ1) is 8.58. The number of nitrogens with one attached hydrogen (secondary N) is 2. The van der Waals surface area contributed by atoms with E-state index in [9.17, 15) is 4.79 Å². The van der Waals surface area contributed by atoms with Crippen molar-refractivity contribution in [2.45, 2.75) is 32.7 Å². The van der Waals surface area contributed by atoms with E-state index in [0.29, 0.717) is 15.7 Å². The molecule has 1 amide bonds. The molecule has 2 N–H and O–H groups in total. The summed E-state index contributed by atoms with van der Waals surface area (Å²) in [6, 6.07) is 5.45. The Kier molecular flexibility index (Phi) is 6.30. The van der Waals surface area contributed by atoms with Gasteiger partial charge in [-0.3, -0.25) is 4.79 Å². The van der Waals surface area contributed by atoms with Gasteiger partial charge in [-0.05, 0) is 25.0 Å². The minimum Gasteiger partial charge on any atom is -0.374 e. The number of hydrogen-bond donors (Lipinski definition) is 2. The molecule has 1 aromatic rings. The average molecular weight is 289 g/mol. The highest BCUT2D eigenvalue weighted by atomic mass is 35.5. The Morgan fingerprint density at radius 1 is 1.22 bits per heavy atom. The van der Waals surface area contributed by atoms with Crippen LogP contribution in [-0.2, 0) is 4.79 Å². The third-order valence-electron chi connectivity index (χ3n) is 2.74. The van der Waals surface area contributed by atoms with Crippen LogP contribution >= 0.6 is 23.2 Å². The average Bonchev–Trinajstić information content (AvgIpc) is 2.35. The number of carbonyl (C=O) groups is 1. The number of halogens is 2. The molecule has 0 saturated heterocycles. The summed E-state index contributed by atoms with van der Waals surface area (Å²) in [6.45, 7) is 4.26. The zero-order chi connectivity index (χ0) is 13.5. The minimum absolute atomic E-state index is 0.0558. The standard InChI is InChI=1S/C13H18Cl2N2O/c1-3-9(4-2)17-12(18)8-16-13-10(14)6-5-7-11(13)15/h5-7,9,16H,3-4,8H2,1-2H3,(H,17,18). The summed E-state index contributed by atoms with van der Waals surface area (Å²) in [4.78, 5) is 11.7. The van der Waals surface area contributed by atoms with Crippen molar-refractivity contribution in [2.75, 3.05) is 11.9 Å². The first kappa shape index (κ1) is 15.1. The zero-order valence-corrected chi connectivity index (χ0v) is 12.1. The van der Waals surface area contributed by atoms with E-state index in [4.69, 9.17) is 23.2 Å². The Balaban J connectivity index is 2.52. The molecule has 0 atom stereocenters. The van der Waals surface area contributed by atoms with Gasteiger partial charge in [-0.25, -0.2) is 0 Å². The van der Waals surface area contributed by atoms with Crippen LogP contribution in [0.15, 0.2) is 18.2 Å². The van der Waals surface area contributed by atoms with E-state index in [-0.39, 0.29) is 18.5 Å². The molecule has 0 fully saturated rings. The molecule has 1 rings (SSSR count). The molecule has 3 nitrogen and oxygen atoms in total. The fourth-order valence-electron chi connectivity index (χ4n) is 1.61. The quantitative estimate of drug-likeness (QED) is 0.838. The lowest BCUT2D eigenvalue weighted by Crippen LogP contribution is -2.37. The Labute approximate surface area is 118 Å². The lowest BCUT2D eigenvalue weighted by atomic mass is 10.2. The molecular weight excluding hydrogens is 271 g/mol. The van der Waals surface area contributed by atoms with Crippen molar-refractivity contribution in [3.63, 3.8) is 0 Å². The van der Waals surface area contributed by atoms with Gasteiger partial charge in [-0.2, -0.15) is 0 Å². The molecule has 0 saturated carbocycles. The van der Waals surface area contributed by atoms with Gasteiger partial charge >= 0.3 is 0 Å². The van der Waals surface area contributed by atoms with Gasteiger partial charge in [0, 0.05) is 6.04 Å². The molecular formula is C13H18Cl2N2O. The summed E-state index contributed by atoms with van der Waals surface area (Å²) in [5.74, 6) is -0.0558. The summed E-state index contributed by atoms with van der Waals surface area (Å²) in [5.41, 5.74) is 0.598. The Morgan fingerprint density at radius 2 is 1.78 bits per heavy atom. The van der Waals surface area contributed by atoms with E-state index in [1.54, 1.807) is 18.2 Å². The van der Waals surface area contributed by atoms with Crippen LogP contribution in [0, 0.1) is 0 Å².